The van der Waals surface area contributed by atoms with Gasteiger partial charge >= 0.3 is 0 Å². The van der Waals surface area contributed by atoms with Crippen molar-refractivity contribution in [2.24, 2.45) is 0 Å². The number of rotatable bonds is 3. The molecule has 2 aromatic rings. The van der Waals surface area contributed by atoms with Gasteiger partial charge in [-0.25, -0.2) is 8.78 Å². The van der Waals surface area contributed by atoms with Gasteiger partial charge in [-0.2, -0.15) is 0 Å². The monoisotopic (exact) mass is 291 g/mol. The molecule has 0 aromatic heterocycles. The van der Waals surface area contributed by atoms with E-state index in [2.05, 4.69) is 5.32 Å². The third-order valence-corrected chi connectivity index (χ3v) is 2.95. The van der Waals surface area contributed by atoms with Crippen molar-refractivity contribution in [2.45, 2.75) is 0 Å². The Balaban J connectivity index is 2.39. The first-order valence-electron chi connectivity index (χ1n) is 6.22. The molecule has 0 saturated heterocycles. The van der Waals surface area contributed by atoms with Crippen molar-refractivity contribution < 1.29 is 13.6 Å². The summed E-state index contributed by atoms with van der Waals surface area (Å²) in [5.74, 6) is -2.30. The number of anilines is 3. The van der Waals surface area contributed by atoms with Crippen LogP contribution in [0.4, 0.5) is 25.8 Å². The van der Waals surface area contributed by atoms with Gasteiger partial charge in [0.1, 0.15) is 17.3 Å². The Morgan fingerprint density at radius 3 is 2.33 bits per heavy atom. The number of nitrogens with zero attached hydrogens (tertiary/aromatic N) is 1. The number of halogens is 2. The molecule has 0 spiro atoms. The van der Waals surface area contributed by atoms with Gasteiger partial charge in [0.15, 0.2) is 0 Å². The summed E-state index contributed by atoms with van der Waals surface area (Å²) < 4.78 is 27.2. The number of hydrogen-bond acceptors (Lipinski definition) is 3. The number of hydrogen-bond donors (Lipinski definition) is 2. The average molecular weight is 291 g/mol. The van der Waals surface area contributed by atoms with Gasteiger partial charge in [-0.15, -0.1) is 0 Å². The van der Waals surface area contributed by atoms with Crippen LogP contribution in [-0.4, -0.2) is 20.0 Å². The maximum atomic E-state index is 13.6. The van der Waals surface area contributed by atoms with Crippen LogP contribution in [0.5, 0.6) is 0 Å². The summed E-state index contributed by atoms with van der Waals surface area (Å²) in [5, 5.41) is 2.25. The van der Waals surface area contributed by atoms with Gasteiger partial charge in [-0.1, -0.05) is 6.07 Å². The number of carbonyl (C=O) groups is 1. The molecule has 0 aliphatic carbocycles. The van der Waals surface area contributed by atoms with Crippen molar-refractivity contribution in [1.82, 2.24) is 0 Å². The van der Waals surface area contributed by atoms with E-state index in [1.54, 1.807) is 31.1 Å². The van der Waals surface area contributed by atoms with Crippen molar-refractivity contribution in [3.05, 3.63) is 53.6 Å². The maximum Gasteiger partial charge on any atom is 0.258 e. The molecule has 21 heavy (non-hydrogen) atoms. The van der Waals surface area contributed by atoms with Crippen molar-refractivity contribution in [3.8, 4) is 0 Å². The Bertz CT molecular complexity index is 666. The van der Waals surface area contributed by atoms with E-state index in [-0.39, 0.29) is 5.56 Å². The Morgan fingerprint density at radius 1 is 1.14 bits per heavy atom. The van der Waals surface area contributed by atoms with Crippen LogP contribution in [0.15, 0.2) is 36.4 Å². The third-order valence-electron chi connectivity index (χ3n) is 2.95. The Labute approximate surface area is 121 Å². The third kappa shape index (κ3) is 3.10. The summed E-state index contributed by atoms with van der Waals surface area (Å²) in [6, 6.07) is 8.16. The van der Waals surface area contributed by atoms with Gasteiger partial charge < -0.3 is 16.0 Å². The van der Waals surface area contributed by atoms with Gasteiger partial charge in [0.05, 0.1) is 5.56 Å². The maximum absolute atomic E-state index is 13.6. The zero-order valence-electron chi connectivity index (χ0n) is 11.7. The molecule has 3 N–H and O–H groups in total. The second-order valence-corrected chi connectivity index (χ2v) is 4.72. The summed E-state index contributed by atoms with van der Waals surface area (Å²) in [4.78, 5) is 14.0. The number of amides is 1. The number of nitrogen functional groups attached to an aromatic ring is 1. The first-order chi connectivity index (χ1) is 9.90. The summed E-state index contributed by atoms with van der Waals surface area (Å²) in [5.41, 5.74) is 6.42. The minimum Gasteiger partial charge on any atom is -0.399 e. The molecule has 0 unspecified atom stereocenters. The molecule has 2 rings (SSSR count). The van der Waals surface area contributed by atoms with E-state index in [0.29, 0.717) is 11.4 Å². The average Bonchev–Trinajstić information content (AvgIpc) is 2.42. The molecule has 0 bridgehead atoms. The van der Waals surface area contributed by atoms with E-state index in [4.69, 9.17) is 5.73 Å². The fourth-order valence-corrected chi connectivity index (χ4v) is 1.92. The molecule has 0 radical (unpaired) electrons. The summed E-state index contributed by atoms with van der Waals surface area (Å²) >= 11 is 0. The lowest BCUT2D eigenvalue weighted by atomic mass is 10.1. The van der Waals surface area contributed by atoms with Crippen LogP contribution in [0.25, 0.3) is 0 Å². The molecule has 1 amide bonds. The van der Waals surface area contributed by atoms with E-state index in [1.165, 1.54) is 12.1 Å². The molecule has 0 aliphatic heterocycles. The van der Waals surface area contributed by atoms with Crippen LogP contribution in [0.3, 0.4) is 0 Å². The zero-order chi connectivity index (χ0) is 15.6. The van der Waals surface area contributed by atoms with Crippen LogP contribution in [0.2, 0.25) is 0 Å². The van der Waals surface area contributed by atoms with Crippen LogP contribution >= 0.6 is 0 Å². The van der Waals surface area contributed by atoms with Gasteiger partial charge in [-0.05, 0) is 30.3 Å². The lowest BCUT2D eigenvalue weighted by molar-refractivity contribution is 0.102. The van der Waals surface area contributed by atoms with E-state index in [9.17, 15) is 13.6 Å². The van der Waals surface area contributed by atoms with Crippen molar-refractivity contribution in [3.63, 3.8) is 0 Å². The first kappa shape index (κ1) is 14.8. The summed E-state index contributed by atoms with van der Waals surface area (Å²) in [6.45, 7) is 0. The quantitative estimate of drug-likeness (QED) is 0.855. The number of para-hydroxylation sites is 1. The largest absolute Gasteiger partial charge is 0.399 e. The molecular formula is C15H15F2N3O. The van der Waals surface area contributed by atoms with Crippen molar-refractivity contribution >= 4 is 23.0 Å². The highest BCUT2D eigenvalue weighted by Crippen LogP contribution is 2.24. The number of nitrogens with two attached hydrogens (primary N) is 1. The van der Waals surface area contributed by atoms with E-state index in [1.807, 2.05) is 0 Å². The van der Waals surface area contributed by atoms with Crippen molar-refractivity contribution in [1.29, 1.82) is 0 Å². The SMILES string of the molecule is CN(C)c1ccc(N)cc1C(=O)Nc1c(F)cccc1F. The molecule has 0 aliphatic rings. The molecule has 110 valence electrons. The fourth-order valence-electron chi connectivity index (χ4n) is 1.92. The van der Waals surface area contributed by atoms with E-state index in [0.717, 1.165) is 12.1 Å². The topological polar surface area (TPSA) is 58.4 Å². The van der Waals surface area contributed by atoms with Gasteiger partial charge in [0, 0.05) is 25.5 Å². The molecular weight excluding hydrogens is 276 g/mol. The Kier molecular flexibility index (Phi) is 4.07. The number of benzene rings is 2. The Hall–Kier alpha value is -2.63. The molecule has 6 heteroatoms. The standard InChI is InChI=1S/C15H15F2N3O/c1-20(2)13-7-6-9(18)8-10(13)15(21)19-14-11(16)4-3-5-12(14)17/h3-8H,18H2,1-2H3,(H,19,21). The van der Waals surface area contributed by atoms with Crippen LogP contribution < -0.4 is 16.0 Å². The molecule has 4 nitrogen and oxygen atoms in total. The fraction of sp³-hybridized carbons (Fsp3) is 0.133. The smallest absolute Gasteiger partial charge is 0.258 e. The van der Waals surface area contributed by atoms with Crippen LogP contribution in [-0.2, 0) is 0 Å². The highest BCUT2D eigenvalue weighted by molar-refractivity contribution is 6.08. The zero-order valence-corrected chi connectivity index (χ0v) is 11.7. The highest BCUT2D eigenvalue weighted by atomic mass is 19.1. The predicted molar refractivity (Wildman–Crippen MR) is 79.5 cm³/mol. The minimum absolute atomic E-state index is 0.239. The molecule has 2 aromatic carbocycles. The molecule has 0 heterocycles. The summed E-state index contributed by atoms with van der Waals surface area (Å²) in [7, 11) is 3.51. The van der Waals surface area contributed by atoms with Crippen LogP contribution in [0, 0.1) is 11.6 Å². The number of carbonyl (C=O) groups excluding carboxylic acids is 1. The second-order valence-electron chi connectivity index (χ2n) is 4.72. The van der Waals surface area contributed by atoms with Gasteiger partial charge in [0.25, 0.3) is 5.91 Å². The van der Waals surface area contributed by atoms with Gasteiger partial charge in [-0.3, -0.25) is 4.79 Å². The highest BCUT2D eigenvalue weighted by Gasteiger charge is 2.17. The van der Waals surface area contributed by atoms with Crippen molar-refractivity contribution in [2.75, 3.05) is 30.0 Å². The minimum atomic E-state index is -0.835. The molecule has 0 atom stereocenters. The molecule has 0 saturated carbocycles. The molecule has 0 fully saturated rings. The lowest BCUT2D eigenvalue weighted by Crippen LogP contribution is -2.19. The summed E-state index contributed by atoms with van der Waals surface area (Å²) in [6.07, 6.45) is 0. The second kappa shape index (κ2) is 5.78. The van der Waals surface area contributed by atoms with E-state index >= 15 is 0 Å². The predicted octanol–water partition coefficient (Wildman–Crippen LogP) is 2.87. The normalized spacial score (nSPS) is 10.3. The number of nitrogens with one attached hydrogen (secondary N) is 1. The van der Waals surface area contributed by atoms with Crippen LogP contribution in [0.1, 0.15) is 10.4 Å². The first-order valence-corrected chi connectivity index (χ1v) is 6.22. The van der Waals surface area contributed by atoms with Gasteiger partial charge in [0.2, 0.25) is 0 Å². The lowest BCUT2D eigenvalue weighted by Gasteiger charge is -2.18. The van der Waals surface area contributed by atoms with E-state index < -0.39 is 23.2 Å². The Morgan fingerprint density at radius 2 is 1.76 bits per heavy atom.